The van der Waals surface area contributed by atoms with Crippen molar-refractivity contribution in [3.05, 3.63) is 35.4 Å². The molecule has 1 aliphatic heterocycles. The van der Waals surface area contributed by atoms with Crippen molar-refractivity contribution < 1.29 is 27.5 Å². The van der Waals surface area contributed by atoms with Gasteiger partial charge in [0.15, 0.2) is 0 Å². The quantitative estimate of drug-likeness (QED) is 0.851. The predicted molar refractivity (Wildman–Crippen MR) is 93.9 cm³/mol. The Kier molecular flexibility index (Phi) is 6.38. The molecule has 2 rings (SSSR count). The summed E-state index contributed by atoms with van der Waals surface area (Å²) in [5.74, 6) is -0.333. The van der Waals surface area contributed by atoms with Crippen LogP contribution in [0, 0.1) is 0 Å². The highest BCUT2D eigenvalue weighted by molar-refractivity contribution is 5.85. The molecule has 0 radical (unpaired) electrons. The van der Waals surface area contributed by atoms with E-state index in [4.69, 9.17) is 4.74 Å². The molecule has 8 heteroatoms. The third-order valence-corrected chi connectivity index (χ3v) is 4.18. The lowest BCUT2D eigenvalue weighted by atomic mass is 10.0. The Hall–Kier alpha value is -2.25. The summed E-state index contributed by atoms with van der Waals surface area (Å²) >= 11 is 0. The molecular formula is C19H25F3N2O3. The number of hydrogen-bond acceptors (Lipinski definition) is 3. The number of nitrogens with zero attached hydrogens (tertiary/aromatic N) is 1. The molecule has 1 aliphatic rings. The number of nitrogens with one attached hydrogen (secondary N) is 1. The van der Waals surface area contributed by atoms with Crippen LogP contribution >= 0.6 is 0 Å². The molecule has 1 aromatic rings. The minimum absolute atomic E-state index is 0.0929. The van der Waals surface area contributed by atoms with E-state index in [0.717, 1.165) is 25.0 Å². The van der Waals surface area contributed by atoms with Crippen molar-refractivity contribution in [2.24, 2.45) is 0 Å². The third kappa shape index (κ3) is 6.15. The van der Waals surface area contributed by atoms with Crippen molar-refractivity contribution in [2.45, 2.75) is 64.4 Å². The number of hydrogen-bond donors (Lipinski definition) is 1. The van der Waals surface area contributed by atoms with Gasteiger partial charge in [0.2, 0.25) is 5.91 Å². The first kappa shape index (κ1) is 21.1. The van der Waals surface area contributed by atoms with E-state index >= 15 is 0 Å². The number of carbonyl (C=O) groups excluding carboxylic acids is 2. The van der Waals surface area contributed by atoms with E-state index in [2.05, 4.69) is 5.32 Å². The molecule has 2 amide bonds. The zero-order chi connectivity index (χ0) is 20.2. The second-order valence-electron chi connectivity index (χ2n) is 7.60. The Labute approximate surface area is 156 Å². The van der Waals surface area contributed by atoms with Crippen LogP contribution in [0.5, 0.6) is 0 Å². The number of halogens is 3. The summed E-state index contributed by atoms with van der Waals surface area (Å²) in [4.78, 5) is 26.3. The van der Waals surface area contributed by atoms with Gasteiger partial charge in [0.1, 0.15) is 11.6 Å². The molecule has 1 fully saturated rings. The minimum atomic E-state index is -4.39. The van der Waals surface area contributed by atoms with E-state index in [1.54, 1.807) is 20.8 Å². The van der Waals surface area contributed by atoms with E-state index in [-0.39, 0.29) is 12.5 Å². The maximum absolute atomic E-state index is 12.6. The van der Waals surface area contributed by atoms with Crippen molar-refractivity contribution >= 4 is 12.0 Å². The van der Waals surface area contributed by atoms with Crippen molar-refractivity contribution in [1.82, 2.24) is 10.2 Å². The number of benzene rings is 1. The molecule has 0 aromatic heterocycles. The van der Waals surface area contributed by atoms with Crippen molar-refractivity contribution in [3.63, 3.8) is 0 Å². The van der Waals surface area contributed by atoms with Crippen LogP contribution in [-0.2, 0) is 22.3 Å². The summed E-state index contributed by atoms with van der Waals surface area (Å²) < 4.78 is 43.1. The van der Waals surface area contributed by atoms with E-state index in [1.165, 1.54) is 17.0 Å². The lowest BCUT2D eigenvalue weighted by molar-refractivity contribution is -0.137. The number of rotatable bonds is 3. The fourth-order valence-corrected chi connectivity index (χ4v) is 2.86. The number of piperidine rings is 1. The number of alkyl halides is 3. The van der Waals surface area contributed by atoms with Crippen LogP contribution < -0.4 is 5.32 Å². The summed E-state index contributed by atoms with van der Waals surface area (Å²) in [5, 5.41) is 2.70. The molecule has 1 aromatic carbocycles. The monoisotopic (exact) mass is 386 g/mol. The summed E-state index contributed by atoms with van der Waals surface area (Å²) in [5.41, 5.74) is -0.840. The first-order valence-electron chi connectivity index (χ1n) is 8.91. The predicted octanol–water partition coefficient (Wildman–Crippen LogP) is 4.11. The average Bonchev–Trinajstić information content (AvgIpc) is 2.58. The minimum Gasteiger partial charge on any atom is -0.444 e. The molecule has 0 saturated carbocycles. The number of ether oxygens (including phenoxy) is 1. The Morgan fingerprint density at radius 3 is 2.33 bits per heavy atom. The summed E-state index contributed by atoms with van der Waals surface area (Å²) in [6, 6.07) is 3.98. The van der Waals surface area contributed by atoms with Gasteiger partial charge in [-0.15, -0.1) is 0 Å². The standard InChI is InChI=1S/C19H25F3N2O3/c1-18(2,3)27-17(26)24-11-5-4-6-15(24)16(25)23-12-13-7-9-14(10-8-13)19(20,21)22/h7-10,15H,4-6,11-12H2,1-3H3,(H,23,25). The van der Waals surface area contributed by atoms with Gasteiger partial charge < -0.3 is 10.1 Å². The van der Waals surface area contributed by atoms with Crippen LogP contribution in [0.25, 0.3) is 0 Å². The van der Waals surface area contributed by atoms with Crippen LogP contribution in [0.4, 0.5) is 18.0 Å². The normalized spacial score (nSPS) is 18.1. The Morgan fingerprint density at radius 2 is 1.78 bits per heavy atom. The van der Waals surface area contributed by atoms with Gasteiger partial charge in [-0.05, 0) is 57.7 Å². The fraction of sp³-hybridized carbons (Fsp3) is 0.579. The number of likely N-dealkylation sites (tertiary alicyclic amines) is 1. The maximum Gasteiger partial charge on any atom is 0.416 e. The molecule has 1 unspecified atom stereocenters. The van der Waals surface area contributed by atoms with Gasteiger partial charge in [0.25, 0.3) is 0 Å². The number of amides is 2. The highest BCUT2D eigenvalue weighted by Gasteiger charge is 2.34. The molecule has 1 atom stereocenters. The van der Waals surface area contributed by atoms with Crippen LogP contribution in [0.1, 0.15) is 51.2 Å². The zero-order valence-electron chi connectivity index (χ0n) is 15.7. The van der Waals surface area contributed by atoms with Crippen molar-refractivity contribution in [3.8, 4) is 0 Å². The molecule has 0 aliphatic carbocycles. The Bertz CT molecular complexity index is 666. The smallest absolute Gasteiger partial charge is 0.416 e. The first-order valence-corrected chi connectivity index (χ1v) is 8.91. The molecule has 1 saturated heterocycles. The highest BCUT2D eigenvalue weighted by Crippen LogP contribution is 2.29. The largest absolute Gasteiger partial charge is 0.444 e. The van der Waals surface area contributed by atoms with Crippen molar-refractivity contribution in [1.29, 1.82) is 0 Å². The molecule has 27 heavy (non-hydrogen) atoms. The second-order valence-corrected chi connectivity index (χ2v) is 7.60. The van der Waals surface area contributed by atoms with Gasteiger partial charge in [-0.25, -0.2) is 4.79 Å². The van der Waals surface area contributed by atoms with Crippen LogP contribution in [0.15, 0.2) is 24.3 Å². The number of carbonyl (C=O) groups is 2. The third-order valence-electron chi connectivity index (χ3n) is 4.18. The lowest BCUT2D eigenvalue weighted by Crippen LogP contribution is -2.52. The maximum atomic E-state index is 12.6. The molecule has 0 spiro atoms. The second kappa shape index (κ2) is 8.19. The van der Waals surface area contributed by atoms with Gasteiger partial charge in [-0.3, -0.25) is 9.69 Å². The van der Waals surface area contributed by atoms with Crippen LogP contribution in [0.2, 0.25) is 0 Å². The topological polar surface area (TPSA) is 58.6 Å². The van der Waals surface area contributed by atoms with Crippen LogP contribution in [-0.4, -0.2) is 35.1 Å². The zero-order valence-corrected chi connectivity index (χ0v) is 15.7. The lowest BCUT2D eigenvalue weighted by Gasteiger charge is -2.35. The molecular weight excluding hydrogens is 361 g/mol. The molecule has 5 nitrogen and oxygen atoms in total. The summed E-state index contributed by atoms with van der Waals surface area (Å²) in [6.07, 6.45) is -2.79. The van der Waals surface area contributed by atoms with Crippen molar-refractivity contribution in [2.75, 3.05) is 6.54 Å². The fourth-order valence-electron chi connectivity index (χ4n) is 2.86. The Balaban J connectivity index is 1.97. The van der Waals surface area contributed by atoms with Gasteiger partial charge in [0, 0.05) is 13.1 Å². The summed E-state index contributed by atoms with van der Waals surface area (Å²) in [6.45, 7) is 5.81. The molecule has 150 valence electrons. The van der Waals surface area contributed by atoms with E-state index < -0.39 is 29.5 Å². The molecule has 1 N–H and O–H groups in total. The van der Waals surface area contributed by atoms with Gasteiger partial charge in [-0.2, -0.15) is 13.2 Å². The van der Waals surface area contributed by atoms with E-state index in [9.17, 15) is 22.8 Å². The SMILES string of the molecule is CC(C)(C)OC(=O)N1CCCCC1C(=O)NCc1ccc(C(F)(F)F)cc1. The van der Waals surface area contributed by atoms with E-state index in [0.29, 0.717) is 18.5 Å². The van der Waals surface area contributed by atoms with E-state index in [1.807, 2.05) is 0 Å². The summed E-state index contributed by atoms with van der Waals surface area (Å²) in [7, 11) is 0. The van der Waals surface area contributed by atoms with Gasteiger partial charge >= 0.3 is 12.3 Å². The van der Waals surface area contributed by atoms with Crippen LogP contribution in [0.3, 0.4) is 0 Å². The molecule has 1 heterocycles. The molecule has 0 bridgehead atoms. The van der Waals surface area contributed by atoms with Gasteiger partial charge in [0.05, 0.1) is 5.56 Å². The average molecular weight is 386 g/mol. The first-order chi connectivity index (χ1) is 12.5. The van der Waals surface area contributed by atoms with Gasteiger partial charge in [-0.1, -0.05) is 12.1 Å². The Morgan fingerprint density at radius 1 is 1.15 bits per heavy atom. The highest BCUT2D eigenvalue weighted by atomic mass is 19.4.